The van der Waals surface area contributed by atoms with E-state index in [2.05, 4.69) is 22.5 Å². The van der Waals surface area contributed by atoms with Gasteiger partial charge in [-0.05, 0) is 27.2 Å². The highest BCUT2D eigenvalue weighted by atomic mass is 32.2. The number of nitrogens with zero attached hydrogens (tertiary/aromatic N) is 2. The van der Waals surface area contributed by atoms with E-state index >= 15 is 0 Å². The van der Waals surface area contributed by atoms with Crippen LogP contribution < -0.4 is 10.6 Å². The van der Waals surface area contributed by atoms with E-state index in [1.807, 2.05) is 20.8 Å². The number of nitrogens with one attached hydrogen (secondary N) is 2. The van der Waals surface area contributed by atoms with E-state index in [1.54, 1.807) is 0 Å². The molecule has 1 aliphatic rings. The number of morpholine rings is 1. The Balaban J connectivity index is 2.50. The molecule has 8 heteroatoms. The average Bonchev–Trinajstić information content (AvgIpc) is 2.43. The van der Waals surface area contributed by atoms with Crippen LogP contribution in [0.5, 0.6) is 0 Å². The lowest BCUT2D eigenvalue weighted by molar-refractivity contribution is -0.0440. The van der Waals surface area contributed by atoms with Gasteiger partial charge in [-0.25, -0.2) is 8.42 Å². The number of rotatable bonds is 7. The highest BCUT2D eigenvalue weighted by Gasteiger charge is 2.30. The fourth-order valence-electron chi connectivity index (χ4n) is 2.35. The molecule has 22 heavy (non-hydrogen) atoms. The highest BCUT2D eigenvalue weighted by molar-refractivity contribution is 7.89. The lowest BCUT2D eigenvalue weighted by atomic mass is 10.3. The van der Waals surface area contributed by atoms with Gasteiger partial charge in [0.15, 0.2) is 5.96 Å². The molecule has 0 aliphatic carbocycles. The van der Waals surface area contributed by atoms with Crippen molar-refractivity contribution >= 4 is 16.0 Å². The molecule has 2 N–H and O–H groups in total. The molecule has 1 saturated heterocycles. The fraction of sp³-hybridized carbons (Fsp3) is 0.929. The first kappa shape index (κ1) is 19.2. The molecule has 1 heterocycles. The first-order valence-corrected chi connectivity index (χ1v) is 9.65. The van der Waals surface area contributed by atoms with Gasteiger partial charge in [-0.3, -0.25) is 4.99 Å². The molecule has 0 bridgehead atoms. The summed E-state index contributed by atoms with van der Waals surface area (Å²) < 4.78 is 31.9. The minimum absolute atomic E-state index is 0.0585. The highest BCUT2D eigenvalue weighted by Crippen LogP contribution is 2.14. The van der Waals surface area contributed by atoms with Crippen LogP contribution in [0.2, 0.25) is 0 Å². The molecular formula is C14H30N4O3S. The zero-order chi connectivity index (χ0) is 16.6. The van der Waals surface area contributed by atoms with Crippen molar-refractivity contribution in [2.24, 2.45) is 4.99 Å². The third kappa shape index (κ3) is 6.50. The van der Waals surface area contributed by atoms with E-state index in [0.717, 1.165) is 19.5 Å². The molecule has 0 spiro atoms. The molecule has 1 aliphatic heterocycles. The summed E-state index contributed by atoms with van der Waals surface area (Å²) >= 11 is 0. The fourth-order valence-corrected chi connectivity index (χ4v) is 3.84. The van der Waals surface area contributed by atoms with Gasteiger partial charge in [-0.1, -0.05) is 6.92 Å². The molecule has 1 fully saturated rings. The summed E-state index contributed by atoms with van der Waals surface area (Å²) in [6.07, 6.45) is 0.836. The van der Waals surface area contributed by atoms with Crippen LogP contribution in [-0.2, 0) is 14.8 Å². The van der Waals surface area contributed by atoms with E-state index in [1.165, 1.54) is 4.31 Å². The molecule has 0 aromatic heterocycles. The van der Waals surface area contributed by atoms with Crippen molar-refractivity contribution in [3.63, 3.8) is 0 Å². The maximum Gasteiger partial charge on any atom is 0.216 e. The number of ether oxygens (including phenoxy) is 1. The van der Waals surface area contributed by atoms with Crippen molar-refractivity contribution < 1.29 is 13.2 Å². The first-order chi connectivity index (χ1) is 10.4. The Hall–Kier alpha value is -0.860. The van der Waals surface area contributed by atoms with Gasteiger partial charge in [-0.15, -0.1) is 0 Å². The van der Waals surface area contributed by atoms with Crippen molar-refractivity contribution in [2.75, 3.05) is 38.5 Å². The number of sulfonamides is 1. The van der Waals surface area contributed by atoms with Crippen LogP contribution in [0.15, 0.2) is 4.99 Å². The molecule has 0 radical (unpaired) electrons. The van der Waals surface area contributed by atoms with Crippen LogP contribution in [0.25, 0.3) is 0 Å². The van der Waals surface area contributed by atoms with E-state index < -0.39 is 10.0 Å². The number of hydrogen-bond donors (Lipinski definition) is 2. The molecule has 2 atom stereocenters. The predicted octanol–water partition coefficient (Wildman–Crippen LogP) is 0.391. The summed E-state index contributed by atoms with van der Waals surface area (Å²) in [5, 5.41) is 6.18. The summed E-state index contributed by atoms with van der Waals surface area (Å²) in [5.74, 6) is 0.728. The van der Waals surface area contributed by atoms with Gasteiger partial charge >= 0.3 is 0 Å². The summed E-state index contributed by atoms with van der Waals surface area (Å²) in [6, 6.07) is 0. The minimum atomic E-state index is -3.27. The van der Waals surface area contributed by atoms with E-state index in [9.17, 15) is 8.42 Å². The quantitative estimate of drug-likeness (QED) is 0.520. The van der Waals surface area contributed by atoms with Crippen LogP contribution in [0.4, 0.5) is 0 Å². The first-order valence-electron chi connectivity index (χ1n) is 8.04. The molecule has 130 valence electrons. The molecule has 0 amide bonds. The van der Waals surface area contributed by atoms with Crippen molar-refractivity contribution in [2.45, 2.75) is 46.3 Å². The Morgan fingerprint density at radius 1 is 1.23 bits per heavy atom. The van der Waals surface area contributed by atoms with Crippen molar-refractivity contribution in [1.29, 1.82) is 0 Å². The Kier molecular flexibility index (Phi) is 8.13. The third-order valence-corrected chi connectivity index (χ3v) is 5.07. The molecule has 1 rings (SSSR count). The molecule has 0 aromatic rings. The Morgan fingerprint density at radius 2 is 1.86 bits per heavy atom. The van der Waals surface area contributed by atoms with Gasteiger partial charge in [0.2, 0.25) is 10.0 Å². The van der Waals surface area contributed by atoms with Crippen LogP contribution >= 0.6 is 0 Å². The zero-order valence-corrected chi connectivity index (χ0v) is 14.9. The molecule has 0 saturated carbocycles. The second kappa shape index (κ2) is 9.32. The van der Waals surface area contributed by atoms with Gasteiger partial charge in [-0.2, -0.15) is 4.31 Å². The standard InChI is InChI=1S/C14H30N4O3S/c1-5-7-16-14(15-6-2)17-8-9-22(19,20)18-10-12(3)21-13(4)11-18/h12-13H,5-11H2,1-4H3,(H2,15,16,17). The average molecular weight is 334 g/mol. The Morgan fingerprint density at radius 3 is 2.41 bits per heavy atom. The predicted molar refractivity (Wildman–Crippen MR) is 89.6 cm³/mol. The number of hydrogen-bond acceptors (Lipinski definition) is 4. The molecule has 2 unspecified atom stereocenters. The second-order valence-electron chi connectivity index (χ2n) is 5.58. The van der Waals surface area contributed by atoms with Crippen LogP contribution in [0, 0.1) is 0 Å². The lowest BCUT2D eigenvalue weighted by Crippen LogP contribution is -2.50. The molecular weight excluding hydrogens is 304 g/mol. The van der Waals surface area contributed by atoms with Gasteiger partial charge < -0.3 is 15.4 Å². The Labute approximate surface area is 134 Å². The zero-order valence-electron chi connectivity index (χ0n) is 14.1. The summed E-state index contributed by atoms with van der Waals surface area (Å²) in [6.45, 7) is 10.5. The maximum absolute atomic E-state index is 12.4. The minimum Gasteiger partial charge on any atom is -0.373 e. The van der Waals surface area contributed by atoms with E-state index in [4.69, 9.17) is 4.74 Å². The van der Waals surface area contributed by atoms with Crippen LogP contribution in [0.1, 0.15) is 34.1 Å². The van der Waals surface area contributed by atoms with E-state index in [0.29, 0.717) is 25.6 Å². The molecule has 0 aromatic carbocycles. The normalized spacial score (nSPS) is 24.3. The largest absolute Gasteiger partial charge is 0.373 e. The summed E-state index contributed by atoms with van der Waals surface area (Å²) in [7, 11) is -3.27. The summed E-state index contributed by atoms with van der Waals surface area (Å²) in [5.41, 5.74) is 0. The van der Waals surface area contributed by atoms with Crippen LogP contribution in [-0.4, -0.2) is 69.4 Å². The monoisotopic (exact) mass is 334 g/mol. The SMILES string of the molecule is CCCN=C(NCC)NCCS(=O)(=O)N1CC(C)OC(C)C1. The van der Waals surface area contributed by atoms with Crippen molar-refractivity contribution in [1.82, 2.24) is 14.9 Å². The van der Waals surface area contributed by atoms with Crippen LogP contribution in [0.3, 0.4) is 0 Å². The second-order valence-corrected chi connectivity index (χ2v) is 7.67. The maximum atomic E-state index is 12.4. The third-order valence-electron chi connectivity index (χ3n) is 3.27. The smallest absolute Gasteiger partial charge is 0.216 e. The number of guanidine groups is 1. The van der Waals surface area contributed by atoms with Gasteiger partial charge in [0, 0.05) is 32.7 Å². The lowest BCUT2D eigenvalue weighted by Gasteiger charge is -2.34. The van der Waals surface area contributed by atoms with Gasteiger partial charge in [0.05, 0.1) is 18.0 Å². The number of aliphatic imine (C=N–C) groups is 1. The molecule has 7 nitrogen and oxygen atoms in total. The van der Waals surface area contributed by atoms with Crippen molar-refractivity contribution in [3.05, 3.63) is 0 Å². The van der Waals surface area contributed by atoms with Gasteiger partial charge in [0.25, 0.3) is 0 Å². The summed E-state index contributed by atoms with van der Waals surface area (Å²) in [4.78, 5) is 4.35. The van der Waals surface area contributed by atoms with Crippen molar-refractivity contribution in [3.8, 4) is 0 Å². The Bertz CT molecular complexity index is 443. The van der Waals surface area contributed by atoms with Gasteiger partial charge in [0.1, 0.15) is 0 Å². The van der Waals surface area contributed by atoms with E-state index in [-0.39, 0.29) is 18.0 Å². The topological polar surface area (TPSA) is 83.0 Å².